The Hall–Kier alpha value is -4.07. The van der Waals surface area contributed by atoms with Gasteiger partial charge in [0.2, 0.25) is 0 Å². The fraction of sp³-hybridized carbons (Fsp3) is 0.0870. The van der Waals surface area contributed by atoms with Crippen LogP contribution in [0, 0.1) is 11.6 Å². The molecule has 0 saturated carbocycles. The van der Waals surface area contributed by atoms with Crippen molar-refractivity contribution in [3.8, 4) is 28.7 Å². The molecule has 5 rings (SSSR count). The van der Waals surface area contributed by atoms with Gasteiger partial charge in [0.05, 0.1) is 19.3 Å². The van der Waals surface area contributed by atoms with Crippen molar-refractivity contribution in [2.24, 2.45) is 0 Å². The molecule has 3 aromatic heterocycles. The second-order valence-electron chi connectivity index (χ2n) is 7.07. The Bertz CT molecular complexity index is 1360. The molecule has 0 aliphatic rings. The van der Waals surface area contributed by atoms with Gasteiger partial charge in [-0.05, 0) is 54.1 Å². The summed E-state index contributed by atoms with van der Waals surface area (Å²) in [6.07, 6.45) is 3.34. The van der Waals surface area contributed by atoms with E-state index in [0.717, 1.165) is 34.0 Å². The summed E-state index contributed by atoms with van der Waals surface area (Å²) in [4.78, 5) is 12.1. The van der Waals surface area contributed by atoms with Gasteiger partial charge in [0.15, 0.2) is 11.6 Å². The highest BCUT2D eigenvalue weighted by atomic mass is 19.1. The topological polar surface area (TPSA) is 68.6 Å². The van der Waals surface area contributed by atoms with Crippen LogP contribution in [0.15, 0.2) is 67.0 Å². The van der Waals surface area contributed by atoms with Gasteiger partial charge in [0.25, 0.3) is 0 Å². The normalized spacial score (nSPS) is 11.2. The molecule has 1 N–H and O–H groups in total. The maximum Gasteiger partial charge on any atom is 0.183 e. The lowest BCUT2D eigenvalue weighted by Gasteiger charge is -2.05. The van der Waals surface area contributed by atoms with Crippen LogP contribution in [0.2, 0.25) is 0 Å². The van der Waals surface area contributed by atoms with E-state index in [1.807, 2.05) is 30.3 Å². The van der Waals surface area contributed by atoms with Crippen molar-refractivity contribution in [1.29, 1.82) is 0 Å². The highest BCUT2D eigenvalue weighted by Crippen LogP contribution is 2.28. The lowest BCUT2D eigenvalue weighted by atomic mass is 10.2. The number of aromatic amines is 1. The van der Waals surface area contributed by atoms with Crippen LogP contribution in [-0.4, -0.2) is 31.8 Å². The molecule has 5 aromatic rings. The zero-order valence-corrected chi connectivity index (χ0v) is 16.5. The van der Waals surface area contributed by atoms with E-state index in [0.29, 0.717) is 17.2 Å². The summed E-state index contributed by atoms with van der Waals surface area (Å²) in [7, 11) is 1.61. The van der Waals surface area contributed by atoms with Gasteiger partial charge in [0, 0.05) is 34.9 Å². The van der Waals surface area contributed by atoms with Crippen LogP contribution in [0.5, 0.6) is 5.75 Å². The first-order valence-electron chi connectivity index (χ1n) is 9.56. The van der Waals surface area contributed by atoms with Gasteiger partial charge in [0.1, 0.15) is 17.4 Å². The van der Waals surface area contributed by atoms with Crippen molar-refractivity contribution in [1.82, 2.24) is 24.7 Å². The summed E-state index contributed by atoms with van der Waals surface area (Å²) < 4.78 is 34.4. The minimum Gasteiger partial charge on any atom is -0.497 e. The summed E-state index contributed by atoms with van der Waals surface area (Å²) in [6, 6.07) is 14.7. The monoisotopic (exact) mass is 417 g/mol. The number of halogens is 2. The third kappa shape index (κ3) is 3.75. The molecular formula is C23H17F2N5O. The number of nitrogens with zero attached hydrogens (tertiary/aromatic N) is 4. The molecule has 154 valence electrons. The minimum atomic E-state index is -0.637. The third-order valence-corrected chi connectivity index (χ3v) is 4.91. The van der Waals surface area contributed by atoms with Gasteiger partial charge in [-0.2, -0.15) is 0 Å². The average Bonchev–Trinajstić information content (AvgIpc) is 3.37. The lowest BCUT2D eigenvalue weighted by molar-refractivity contribution is 0.415. The van der Waals surface area contributed by atoms with Crippen LogP contribution in [0.3, 0.4) is 0 Å². The molecule has 0 aliphatic carbocycles. The molecule has 0 radical (unpaired) electrons. The van der Waals surface area contributed by atoms with E-state index in [-0.39, 0.29) is 6.54 Å². The molecule has 0 unspecified atom stereocenters. The molecule has 0 fully saturated rings. The highest BCUT2D eigenvalue weighted by Gasteiger charge is 2.17. The molecule has 8 heteroatoms. The van der Waals surface area contributed by atoms with Crippen molar-refractivity contribution >= 4 is 10.9 Å². The first-order chi connectivity index (χ1) is 15.1. The Balaban J connectivity index is 1.63. The van der Waals surface area contributed by atoms with Crippen molar-refractivity contribution in [3.63, 3.8) is 0 Å². The Morgan fingerprint density at radius 2 is 1.87 bits per heavy atom. The summed E-state index contributed by atoms with van der Waals surface area (Å²) in [5.74, 6) is 0.476. The molecule has 0 spiro atoms. The van der Waals surface area contributed by atoms with E-state index in [9.17, 15) is 8.78 Å². The zero-order valence-electron chi connectivity index (χ0n) is 16.5. The van der Waals surface area contributed by atoms with E-state index < -0.39 is 11.6 Å². The van der Waals surface area contributed by atoms with Crippen LogP contribution in [-0.2, 0) is 6.54 Å². The zero-order chi connectivity index (χ0) is 21.4. The maximum atomic E-state index is 13.7. The number of methoxy groups -OCH3 is 1. The molecule has 6 nitrogen and oxygen atoms in total. The predicted octanol–water partition coefficient (Wildman–Crippen LogP) is 4.82. The number of rotatable bonds is 5. The van der Waals surface area contributed by atoms with Crippen molar-refractivity contribution in [2.45, 2.75) is 6.54 Å². The van der Waals surface area contributed by atoms with Crippen LogP contribution >= 0.6 is 0 Å². The fourth-order valence-corrected chi connectivity index (χ4v) is 3.50. The van der Waals surface area contributed by atoms with Gasteiger partial charge in [-0.25, -0.2) is 18.4 Å². The minimum absolute atomic E-state index is 0.149. The number of H-pyrrole nitrogens is 1. The number of hydrogen-bond donors (Lipinski definition) is 1. The van der Waals surface area contributed by atoms with Crippen LogP contribution in [0.4, 0.5) is 8.78 Å². The molecule has 3 heterocycles. The van der Waals surface area contributed by atoms with Crippen molar-refractivity contribution in [2.75, 3.05) is 7.11 Å². The Morgan fingerprint density at radius 3 is 2.61 bits per heavy atom. The quantitative estimate of drug-likeness (QED) is 0.445. The third-order valence-electron chi connectivity index (χ3n) is 4.91. The van der Waals surface area contributed by atoms with Gasteiger partial charge >= 0.3 is 0 Å². The lowest BCUT2D eigenvalue weighted by Crippen LogP contribution is -2.05. The van der Waals surface area contributed by atoms with Crippen LogP contribution in [0.25, 0.3) is 33.8 Å². The second kappa shape index (κ2) is 7.64. The van der Waals surface area contributed by atoms with Gasteiger partial charge in [-0.15, -0.1) is 5.10 Å². The van der Waals surface area contributed by atoms with Gasteiger partial charge in [-0.3, -0.25) is 4.98 Å². The molecule has 0 saturated heterocycles. The SMILES string of the molecule is COc1ccc2[nH]c(-c3nc(-c4cccnc4)nn3Cc3cc(F)cc(F)c3)cc2c1. The summed E-state index contributed by atoms with van der Waals surface area (Å²) in [6.45, 7) is 0.149. The summed E-state index contributed by atoms with van der Waals surface area (Å²) in [5, 5.41) is 5.54. The molecule has 31 heavy (non-hydrogen) atoms. The highest BCUT2D eigenvalue weighted by molar-refractivity contribution is 5.86. The maximum absolute atomic E-state index is 13.7. The first kappa shape index (κ1) is 18.9. The van der Waals surface area contributed by atoms with E-state index in [1.54, 1.807) is 30.3 Å². The molecule has 0 bridgehead atoms. The Kier molecular flexibility index (Phi) is 4.66. The Morgan fingerprint density at radius 1 is 1.03 bits per heavy atom. The van der Waals surface area contributed by atoms with Crippen LogP contribution in [0.1, 0.15) is 5.56 Å². The fourth-order valence-electron chi connectivity index (χ4n) is 3.50. The largest absolute Gasteiger partial charge is 0.497 e. The summed E-state index contributed by atoms with van der Waals surface area (Å²) >= 11 is 0. The second-order valence-corrected chi connectivity index (χ2v) is 7.07. The number of hydrogen-bond acceptors (Lipinski definition) is 4. The smallest absolute Gasteiger partial charge is 0.183 e. The van der Waals surface area contributed by atoms with E-state index in [4.69, 9.17) is 9.72 Å². The summed E-state index contributed by atoms with van der Waals surface area (Å²) in [5.41, 5.74) is 2.82. The predicted molar refractivity (Wildman–Crippen MR) is 113 cm³/mol. The number of benzene rings is 2. The number of ether oxygens (including phenoxy) is 1. The first-order valence-corrected chi connectivity index (χ1v) is 9.56. The van der Waals surface area contributed by atoms with E-state index >= 15 is 0 Å². The number of nitrogens with one attached hydrogen (secondary N) is 1. The van der Waals surface area contributed by atoms with E-state index in [1.165, 1.54) is 12.1 Å². The average molecular weight is 417 g/mol. The molecule has 0 amide bonds. The number of aromatic nitrogens is 5. The number of fused-ring (bicyclic) bond motifs is 1. The van der Waals surface area contributed by atoms with Crippen LogP contribution < -0.4 is 4.74 Å². The Labute approximate surface area is 176 Å². The van der Waals surface area contributed by atoms with Gasteiger partial charge in [-0.1, -0.05) is 0 Å². The standard InChI is InChI=1S/C23H17F2N5O/c1-31-19-4-5-20-16(9-19)10-21(27-20)23-28-22(15-3-2-6-26-12-15)29-30(23)13-14-7-17(24)11-18(25)8-14/h2-12,27H,13H2,1H3. The number of pyridine rings is 1. The molecule has 0 aliphatic heterocycles. The molecule has 0 atom stereocenters. The van der Waals surface area contributed by atoms with Crippen molar-refractivity contribution in [3.05, 3.63) is 84.2 Å². The molecule has 2 aromatic carbocycles. The van der Waals surface area contributed by atoms with E-state index in [2.05, 4.69) is 15.1 Å². The van der Waals surface area contributed by atoms with Gasteiger partial charge < -0.3 is 9.72 Å². The molecular weight excluding hydrogens is 400 g/mol. The van der Waals surface area contributed by atoms with Crippen molar-refractivity contribution < 1.29 is 13.5 Å².